The predicted octanol–water partition coefficient (Wildman–Crippen LogP) is 5.86. The Bertz CT molecular complexity index is 1470. The SMILES string of the molecule is Cc1nonc1C(=O)NC(c1nc2cc(C(CC(F)(F)F)C(=O)NC(C)C(F)(F)F)ccc2n1F)C1CCC(F)(F)CC1. The lowest BCUT2D eigenvalue weighted by Crippen LogP contribution is -2.45. The predicted molar refractivity (Wildman–Crippen MR) is 129 cm³/mol. The molecule has 2 N–H and O–H groups in total. The van der Waals surface area contributed by atoms with Crippen LogP contribution in [-0.4, -0.2) is 56.2 Å². The van der Waals surface area contributed by atoms with Crippen molar-refractivity contribution in [3.8, 4) is 0 Å². The van der Waals surface area contributed by atoms with Crippen molar-refractivity contribution in [2.24, 2.45) is 5.92 Å². The minimum Gasteiger partial charge on any atom is -0.344 e. The van der Waals surface area contributed by atoms with E-state index in [0.29, 0.717) is 6.92 Å². The Morgan fingerprint density at radius 2 is 1.74 bits per heavy atom. The van der Waals surface area contributed by atoms with Crippen LogP contribution in [0.3, 0.4) is 0 Å². The number of rotatable bonds is 8. The molecular formula is C25H25F9N6O3. The number of nitrogens with one attached hydrogen (secondary N) is 2. The topological polar surface area (TPSA) is 115 Å². The van der Waals surface area contributed by atoms with Crippen molar-refractivity contribution < 1.29 is 53.8 Å². The number of hydrogen-bond donors (Lipinski definition) is 2. The fourth-order valence-corrected chi connectivity index (χ4v) is 4.92. The van der Waals surface area contributed by atoms with Gasteiger partial charge in [0, 0.05) is 12.8 Å². The van der Waals surface area contributed by atoms with Gasteiger partial charge in [-0.1, -0.05) is 15.7 Å². The van der Waals surface area contributed by atoms with E-state index in [1.165, 1.54) is 12.2 Å². The summed E-state index contributed by atoms with van der Waals surface area (Å²) in [5.74, 6) is -8.78. The molecule has 1 aliphatic carbocycles. The van der Waals surface area contributed by atoms with Crippen molar-refractivity contribution in [1.82, 2.24) is 30.7 Å². The smallest absolute Gasteiger partial charge is 0.344 e. The Morgan fingerprint density at radius 3 is 2.30 bits per heavy atom. The largest absolute Gasteiger partial charge is 0.408 e. The Balaban J connectivity index is 1.72. The number of aryl methyl sites for hydroxylation is 1. The van der Waals surface area contributed by atoms with E-state index in [9.17, 15) is 44.7 Å². The molecule has 3 atom stereocenters. The van der Waals surface area contributed by atoms with Crippen LogP contribution in [0.1, 0.15) is 78.6 Å². The summed E-state index contributed by atoms with van der Waals surface area (Å²) < 4.78 is 127. The third kappa shape index (κ3) is 7.38. The van der Waals surface area contributed by atoms with Crippen LogP contribution in [0.5, 0.6) is 0 Å². The summed E-state index contributed by atoms with van der Waals surface area (Å²) in [7, 11) is 0. The number of imidazole rings is 1. The molecule has 2 aromatic heterocycles. The number of amides is 2. The van der Waals surface area contributed by atoms with Gasteiger partial charge < -0.3 is 10.6 Å². The van der Waals surface area contributed by atoms with Crippen LogP contribution in [0.2, 0.25) is 0 Å². The number of alkyl halides is 8. The third-order valence-electron chi connectivity index (χ3n) is 7.32. The van der Waals surface area contributed by atoms with Gasteiger partial charge in [0.15, 0.2) is 11.5 Å². The normalized spacial score (nSPS) is 18.3. The molecule has 0 aliphatic heterocycles. The lowest BCUT2D eigenvalue weighted by molar-refractivity contribution is -0.162. The zero-order valence-electron chi connectivity index (χ0n) is 22.5. The molecule has 3 unspecified atom stereocenters. The first-order valence-electron chi connectivity index (χ1n) is 13.0. The number of carbonyl (C=O) groups is 2. The molecule has 18 heteroatoms. The lowest BCUT2D eigenvalue weighted by atomic mass is 9.81. The Hall–Kier alpha value is -3.86. The van der Waals surface area contributed by atoms with E-state index in [-0.39, 0.29) is 40.1 Å². The van der Waals surface area contributed by atoms with Crippen molar-refractivity contribution in [2.45, 2.75) is 82.2 Å². The Morgan fingerprint density at radius 1 is 1.09 bits per heavy atom. The molecule has 2 heterocycles. The molecule has 3 aromatic rings. The number of nitrogens with zero attached hydrogens (tertiary/aromatic N) is 4. The molecule has 4 rings (SSSR count). The molecule has 1 aromatic carbocycles. The quantitative estimate of drug-likeness (QED) is 0.302. The molecule has 43 heavy (non-hydrogen) atoms. The fraction of sp³-hybridized carbons (Fsp3) is 0.560. The first-order valence-corrected chi connectivity index (χ1v) is 13.0. The van der Waals surface area contributed by atoms with Crippen molar-refractivity contribution in [2.75, 3.05) is 0 Å². The molecular weight excluding hydrogens is 603 g/mol. The molecule has 1 saturated carbocycles. The second kappa shape index (κ2) is 11.7. The summed E-state index contributed by atoms with van der Waals surface area (Å²) in [6, 6.07) is -0.931. The lowest BCUT2D eigenvalue weighted by Gasteiger charge is -2.33. The maximum Gasteiger partial charge on any atom is 0.408 e. The van der Waals surface area contributed by atoms with Crippen molar-refractivity contribution in [1.29, 1.82) is 0 Å². The molecule has 0 spiro atoms. The van der Waals surface area contributed by atoms with Gasteiger partial charge in [0.1, 0.15) is 17.3 Å². The summed E-state index contributed by atoms with van der Waals surface area (Å²) in [4.78, 5) is 29.6. The molecule has 1 aliphatic rings. The molecule has 2 amide bonds. The summed E-state index contributed by atoms with van der Waals surface area (Å²) in [5.41, 5.74) is -1.18. The number of fused-ring (bicyclic) bond motifs is 1. The fourth-order valence-electron chi connectivity index (χ4n) is 4.92. The van der Waals surface area contributed by atoms with Crippen LogP contribution in [0.4, 0.5) is 39.6 Å². The monoisotopic (exact) mass is 628 g/mol. The summed E-state index contributed by atoms with van der Waals surface area (Å²) in [6.07, 6.45) is -13.1. The minimum atomic E-state index is -4.96. The van der Waals surface area contributed by atoms with Gasteiger partial charge in [-0.25, -0.2) is 18.4 Å². The van der Waals surface area contributed by atoms with Crippen LogP contribution < -0.4 is 10.6 Å². The van der Waals surface area contributed by atoms with Gasteiger partial charge in [-0.3, -0.25) is 9.59 Å². The van der Waals surface area contributed by atoms with Gasteiger partial charge in [-0.2, -0.15) is 31.1 Å². The Labute approximate surface area is 237 Å². The summed E-state index contributed by atoms with van der Waals surface area (Å²) in [6.45, 7) is 1.96. The molecule has 0 saturated heterocycles. The second-order valence-electron chi connectivity index (χ2n) is 10.5. The van der Waals surface area contributed by atoms with Gasteiger partial charge in [0.2, 0.25) is 11.8 Å². The maximum atomic E-state index is 15.6. The molecule has 0 radical (unpaired) electrons. The van der Waals surface area contributed by atoms with Gasteiger partial charge in [-0.05, 0) is 55.5 Å². The van der Waals surface area contributed by atoms with E-state index in [1.807, 2.05) is 0 Å². The first kappa shape index (κ1) is 32.1. The standard InChI is InChI=1S/C25H25F9N6O3/c1-11-18(39-43-38-11)22(42)37-19(13-5-7-23(26,27)8-6-13)20-36-16-9-14(3-4-17(16)40(20)34)15(10-24(28,29)30)21(41)35-12(2)25(31,32)33/h3-4,9,12-13,15,19H,5-8,10H2,1-2H3,(H,35,41)(H,37,42). The van der Waals surface area contributed by atoms with E-state index >= 15 is 4.48 Å². The number of carbonyl (C=O) groups excluding carboxylic acids is 2. The van der Waals surface area contributed by atoms with E-state index in [4.69, 9.17) is 0 Å². The summed E-state index contributed by atoms with van der Waals surface area (Å²) in [5, 5.41) is 11.0. The highest BCUT2D eigenvalue weighted by molar-refractivity contribution is 5.93. The van der Waals surface area contributed by atoms with Crippen molar-refractivity contribution >= 4 is 22.8 Å². The zero-order chi connectivity index (χ0) is 31.9. The first-order chi connectivity index (χ1) is 19.9. The van der Waals surface area contributed by atoms with Crippen LogP contribution in [-0.2, 0) is 4.79 Å². The molecule has 1 fully saturated rings. The van der Waals surface area contributed by atoms with Crippen LogP contribution in [0.15, 0.2) is 22.8 Å². The average Bonchev–Trinajstić information content (AvgIpc) is 3.47. The van der Waals surface area contributed by atoms with Gasteiger partial charge in [-0.15, -0.1) is 0 Å². The second-order valence-corrected chi connectivity index (χ2v) is 10.5. The Kier molecular flexibility index (Phi) is 8.70. The van der Waals surface area contributed by atoms with Crippen LogP contribution in [0.25, 0.3) is 11.0 Å². The molecule has 236 valence electrons. The highest BCUT2D eigenvalue weighted by Gasteiger charge is 2.43. The number of aromatic nitrogens is 4. The van der Waals surface area contributed by atoms with E-state index in [2.05, 4.69) is 25.2 Å². The highest BCUT2D eigenvalue weighted by atomic mass is 19.4. The highest BCUT2D eigenvalue weighted by Crippen LogP contribution is 2.42. The van der Waals surface area contributed by atoms with Crippen molar-refractivity contribution in [3.63, 3.8) is 0 Å². The third-order valence-corrected chi connectivity index (χ3v) is 7.32. The minimum absolute atomic E-state index is 0.0231. The van der Waals surface area contributed by atoms with Crippen molar-refractivity contribution in [3.05, 3.63) is 41.0 Å². The van der Waals surface area contributed by atoms with Crippen LogP contribution in [0, 0.1) is 12.8 Å². The number of benzene rings is 1. The molecule has 0 bridgehead atoms. The van der Waals surface area contributed by atoms with E-state index in [1.54, 1.807) is 0 Å². The van der Waals surface area contributed by atoms with Gasteiger partial charge in [0.25, 0.3) is 5.91 Å². The van der Waals surface area contributed by atoms with E-state index in [0.717, 1.165) is 18.2 Å². The van der Waals surface area contributed by atoms with Gasteiger partial charge >= 0.3 is 12.4 Å². The van der Waals surface area contributed by atoms with Crippen LogP contribution >= 0.6 is 0 Å². The van der Waals surface area contributed by atoms with Gasteiger partial charge in [0.05, 0.1) is 23.9 Å². The molecule has 9 nitrogen and oxygen atoms in total. The number of hydrogen-bond acceptors (Lipinski definition) is 6. The maximum absolute atomic E-state index is 15.6. The number of halogens is 9. The zero-order valence-corrected chi connectivity index (χ0v) is 22.5. The van der Waals surface area contributed by atoms with E-state index < -0.39 is 84.7 Å². The summed E-state index contributed by atoms with van der Waals surface area (Å²) >= 11 is 0. The average molecular weight is 628 g/mol.